The maximum Gasteiger partial charge on any atom is 0.0630 e. The molecule has 0 amide bonds. The number of ether oxygens (including phenoxy) is 1. The summed E-state index contributed by atoms with van der Waals surface area (Å²) < 4.78 is 5.42. The van der Waals surface area contributed by atoms with Crippen molar-refractivity contribution in [1.29, 1.82) is 0 Å². The molecule has 0 radical (unpaired) electrons. The Balaban J connectivity index is 1.86. The number of nitrogens with one attached hydrogen (secondary N) is 1. The fourth-order valence-corrected chi connectivity index (χ4v) is 3.48. The van der Waals surface area contributed by atoms with Crippen LogP contribution in [-0.4, -0.2) is 49.8 Å². The minimum absolute atomic E-state index is 0.196. The molecule has 3 heteroatoms. The average Bonchev–Trinajstić information content (AvgIpc) is 2.82. The molecule has 3 nitrogen and oxygen atoms in total. The van der Waals surface area contributed by atoms with E-state index in [0.29, 0.717) is 6.04 Å². The van der Waals surface area contributed by atoms with Crippen molar-refractivity contribution in [3.05, 3.63) is 0 Å². The molecular weight excluding hydrogens is 224 g/mol. The Morgan fingerprint density at radius 2 is 1.83 bits per heavy atom. The Morgan fingerprint density at radius 3 is 2.33 bits per heavy atom. The van der Waals surface area contributed by atoms with Crippen LogP contribution in [0.4, 0.5) is 0 Å². The smallest absolute Gasteiger partial charge is 0.0630 e. The number of methoxy groups -OCH3 is 1. The molecule has 1 N–H and O–H groups in total. The molecule has 1 saturated carbocycles. The van der Waals surface area contributed by atoms with E-state index in [2.05, 4.69) is 31.0 Å². The molecule has 3 unspecified atom stereocenters. The van der Waals surface area contributed by atoms with Crippen molar-refractivity contribution in [1.82, 2.24) is 10.2 Å². The maximum atomic E-state index is 5.42. The summed E-state index contributed by atoms with van der Waals surface area (Å²) in [4.78, 5) is 2.66. The van der Waals surface area contributed by atoms with Gasteiger partial charge in [0.2, 0.25) is 0 Å². The Bertz CT molecular complexity index is 250. The maximum absolute atomic E-state index is 5.42. The van der Waals surface area contributed by atoms with Crippen LogP contribution in [-0.2, 0) is 4.74 Å². The molecule has 2 fully saturated rings. The van der Waals surface area contributed by atoms with Gasteiger partial charge in [-0.1, -0.05) is 6.42 Å². The third kappa shape index (κ3) is 3.69. The average molecular weight is 254 g/mol. The van der Waals surface area contributed by atoms with Crippen LogP contribution in [0.25, 0.3) is 0 Å². The van der Waals surface area contributed by atoms with Gasteiger partial charge in [-0.15, -0.1) is 0 Å². The van der Waals surface area contributed by atoms with Gasteiger partial charge in [0.1, 0.15) is 0 Å². The quantitative estimate of drug-likeness (QED) is 0.813. The van der Waals surface area contributed by atoms with Crippen molar-refractivity contribution in [2.45, 2.75) is 51.6 Å². The lowest BCUT2D eigenvalue weighted by Gasteiger charge is -2.31. The number of fused-ring (bicyclic) bond motifs is 1. The molecule has 2 rings (SSSR count). The predicted molar refractivity (Wildman–Crippen MR) is 75.8 cm³/mol. The van der Waals surface area contributed by atoms with Gasteiger partial charge >= 0.3 is 0 Å². The van der Waals surface area contributed by atoms with Gasteiger partial charge in [-0.2, -0.15) is 0 Å². The molecule has 106 valence electrons. The van der Waals surface area contributed by atoms with Gasteiger partial charge in [0.15, 0.2) is 0 Å². The monoisotopic (exact) mass is 254 g/mol. The standard InChI is InChI=1S/C15H30N2O/c1-15(2,3)16-8-14(11-18-4)17-9-12-6-5-7-13(12)10-17/h12-14,16H,5-11H2,1-4H3. The van der Waals surface area contributed by atoms with Gasteiger partial charge < -0.3 is 10.1 Å². The molecule has 1 heterocycles. The molecule has 3 atom stereocenters. The zero-order valence-electron chi connectivity index (χ0n) is 12.5. The molecule has 0 aromatic carbocycles. The first-order valence-corrected chi connectivity index (χ1v) is 7.47. The van der Waals surface area contributed by atoms with Crippen LogP contribution in [0, 0.1) is 11.8 Å². The summed E-state index contributed by atoms with van der Waals surface area (Å²) in [5, 5.41) is 3.63. The van der Waals surface area contributed by atoms with Crippen molar-refractivity contribution in [3.63, 3.8) is 0 Å². The van der Waals surface area contributed by atoms with Crippen molar-refractivity contribution >= 4 is 0 Å². The lowest BCUT2D eigenvalue weighted by atomic mass is 10.0. The highest BCUT2D eigenvalue weighted by Crippen LogP contribution is 2.38. The normalized spacial score (nSPS) is 30.7. The van der Waals surface area contributed by atoms with E-state index in [1.807, 2.05) is 7.11 Å². The second kappa shape index (κ2) is 5.89. The summed E-state index contributed by atoms with van der Waals surface area (Å²) in [5.74, 6) is 1.94. The first-order chi connectivity index (χ1) is 8.49. The van der Waals surface area contributed by atoms with Crippen molar-refractivity contribution in [3.8, 4) is 0 Å². The largest absolute Gasteiger partial charge is 0.383 e. The number of hydrogen-bond donors (Lipinski definition) is 1. The topological polar surface area (TPSA) is 24.5 Å². The highest BCUT2D eigenvalue weighted by molar-refractivity contribution is 4.92. The Kier molecular flexibility index (Phi) is 4.68. The van der Waals surface area contributed by atoms with Crippen LogP contribution in [0.1, 0.15) is 40.0 Å². The number of hydrogen-bond acceptors (Lipinski definition) is 3. The van der Waals surface area contributed by atoms with Crippen LogP contribution < -0.4 is 5.32 Å². The van der Waals surface area contributed by atoms with Gasteiger partial charge in [-0.25, -0.2) is 0 Å². The minimum Gasteiger partial charge on any atom is -0.383 e. The Morgan fingerprint density at radius 1 is 1.22 bits per heavy atom. The van der Waals surface area contributed by atoms with Crippen LogP contribution in [0.2, 0.25) is 0 Å². The van der Waals surface area contributed by atoms with Crippen molar-refractivity contribution in [2.75, 3.05) is 33.4 Å². The lowest BCUT2D eigenvalue weighted by molar-refractivity contribution is 0.0951. The van der Waals surface area contributed by atoms with Gasteiger partial charge in [0, 0.05) is 38.3 Å². The molecule has 0 bridgehead atoms. The second-order valence-corrected chi connectivity index (χ2v) is 7.15. The highest BCUT2D eigenvalue weighted by Gasteiger charge is 2.38. The van der Waals surface area contributed by atoms with Crippen LogP contribution in [0.5, 0.6) is 0 Å². The van der Waals surface area contributed by atoms with Gasteiger partial charge in [0.25, 0.3) is 0 Å². The first kappa shape index (κ1) is 14.3. The SMILES string of the molecule is COCC(CNC(C)(C)C)N1CC2CCCC2C1. The van der Waals surface area contributed by atoms with Crippen LogP contribution in [0.3, 0.4) is 0 Å². The molecule has 2 aliphatic rings. The first-order valence-electron chi connectivity index (χ1n) is 7.47. The molecule has 1 aliphatic carbocycles. The molecule has 0 spiro atoms. The molecule has 1 saturated heterocycles. The molecule has 0 aromatic rings. The van der Waals surface area contributed by atoms with E-state index >= 15 is 0 Å². The molecule has 1 aliphatic heterocycles. The summed E-state index contributed by atoms with van der Waals surface area (Å²) in [6.45, 7) is 11.2. The van der Waals surface area contributed by atoms with Crippen molar-refractivity contribution < 1.29 is 4.74 Å². The van der Waals surface area contributed by atoms with E-state index < -0.39 is 0 Å². The van der Waals surface area contributed by atoms with Gasteiger partial charge in [-0.3, -0.25) is 4.90 Å². The van der Waals surface area contributed by atoms with Crippen molar-refractivity contribution in [2.24, 2.45) is 11.8 Å². The lowest BCUT2D eigenvalue weighted by Crippen LogP contribution is -2.49. The number of likely N-dealkylation sites (tertiary alicyclic amines) is 1. The number of nitrogens with zero attached hydrogens (tertiary/aromatic N) is 1. The molecule has 18 heavy (non-hydrogen) atoms. The van der Waals surface area contributed by atoms with Gasteiger partial charge in [-0.05, 0) is 45.4 Å². The van der Waals surface area contributed by atoms with E-state index in [9.17, 15) is 0 Å². The Hall–Kier alpha value is -0.120. The summed E-state index contributed by atoms with van der Waals surface area (Å²) in [6.07, 6.45) is 4.36. The zero-order chi connectivity index (χ0) is 13.2. The van der Waals surface area contributed by atoms with Crippen LogP contribution in [0.15, 0.2) is 0 Å². The zero-order valence-corrected chi connectivity index (χ0v) is 12.5. The van der Waals surface area contributed by atoms with E-state index in [0.717, 1.165) is 25.0 Å². The summed E-state index contributed by atoms with van der Waals surface area (Å²) in [6, 6.07) is 0.542. The third-order valence-electron chi connectivity index (χ3n) is 4.50. The molecular formula is C15H30N2O. The predicted octanol–water partition coefficient (Wildman–Crippen LogP) is 2.12. The highest BCUT2D eigenvalue weighted by atomic mass is 16.5. The second-order valence-electron chi connectivity index (χ2n) is 7.15. The number of rotatable bonds is 5. The third-order valence-corrected chi connectivity index (χ3v) is 4.50. The fraction of sp³-hybridized carbons (Fsp3) is 1.00. The minimum atomic E-state index is 0.196. The van der Waals surface area contributed by atoms with E-state index in [1.165, 1.54) is 32.4 Å². The van der Waals surface area contributed by atoms with E-state index in [-0.39, 0.29) is 5.54 Å². The summed E-state index contributed by atoms with van der Waals surface area (Å²) >= 11 is 0. The van der Waals surface area contributed by atoms with Gasteiger partial charge in [0.05, 0.1) is 6.61 Å². The summed E-state index contributed by atoms with van der Waals surface area (Å²) in [5.41, 5.74) is 0.196. The molecule has 0 aromatic heterocycles. The summed E-state index contributed by atoms with van der Waals surface area (Å²) in [7, 11) is 1.82. The van der Waals surface area contributed by atoms with E-state index in [1.54, 1.807) is 0 Å². The Labute approximate surface area is 112 Å². The van der Waals surface area contributed by atoms with E-state index in [4.69, 9.17) is 4.74 Å². The fourth-order valence-electron chi connectivity index (χ4n) is 3.48. The van der Waals surface area contributed by atoms with Crippen LogP contribution >= 0.6 is 0 Å².